The van der Waals surface area contributed by atoms with E-state index in [4.69, 9.17) is 32.6 Å². The zero-order valence-electron chi connectivity index (χ0n) is 28.1. The maximum absolute atomic E-state index is 12.7. The number of ether oxygens (including phenoxy) is 5. The minimum atomic E-state index is -4.10. The van der Waals surface area contributed by atoms with Crippen LogP contribution in [-0.4, -0.2) is 106 Å². The number of carbonyl (C=O) groups is 5. The van der Waals surface area contributed by atoms with Crippen LogP contribution in [0.25, 0.3) is 0 Å². The Kier molecular flexibility index (Phi) is 14.9. The molecule has 1 aliphatic heterocycles. The summed E-state index contributed by atoms with van der Waals surface area (Å²) in [6.45, 7) is 15.1. The number of hydrogen-bond donors (Lipinski definition) is 2. The third kappa shape index (κ3) is 13.1. The number of carbonyl (C=O) groups excluding carboxylic acids is 5. The van der Waals surface area contributed by atoms with E-state index in [1.165, 1.54) is 13.8 Å². The van der Waals surface area contributed by atoms with E-state index in [-0.39, 0.29) is 24.5 Å². The summed E-state index contributed by atoms with van der Waals surface area (Å²) >= 11 is 0. The van der Waals surface area contributed by atoms with Crippen molar-refractivity contribution in [1.82, 2.24) is 5.32 Å². The number of hydrogen-bond acceptors (Lipinski definition) is 13. The standard InChI is InChI=1S/C28H50NO14PSi/c1-17(30)29-24-22(40-19(3)32)14-28(12-13-44(35,36)37-9,16-39-45(10,11)27(6,7)8)43-26(24)25(42-21(5)34)23(41-20(4)33)15-38-18(2)31/h22-26H,12-16H2,1-11H3,(H,29,30)(H,35,36)/t22-,23-,24-,25-,26?,28+/m1/s1. The zero-order chi connectivity index (χ0) is 35.0. The Morgan fingerprint density at radius 3 is 2.02 bits per heavy atom. The van der Waals surface area contributed by atoms with Gasteiger partial charge < -0.3 is 42.8 Å². The van der Waals surface area contributed by atoms with E-state index in [1.54, 1.807) is 0 Å². The van der Waals surface area contributed by atoms with E-state index in [0.29, 0.717) is 0 Å². The summed E-state index contributed by atoms with van der Waals surface area (Å²) in [6.07, 6.45) is -6.18. The molecule has 0 aromatic rings. The first-order valence-corrected chi connectivity index (χ1v) is 19.2. The first-order valence-electron chi connectivity index (χ1n) is 14.6. The predicted molar refractivity (Wildman–Crippen MR) is 163 cm³/mol. The fourth-order valence-corrected chi connectivity index (χ4v) is 6.50. The smallest absolute Gasteiger partial charge is 0.327 e. The van der Waals surface area contributed by atoms with Gasteiger partial charge in [-0.1, -0.05) is 20.8 Å². The Morgan fingerprint density at radius 2 is 1.58 bits per heavy atom. The van der Waals surface area contributed by atoms with Crippen LogP contribution in [-0.2, 0) is 61.2 Å². The number of amides is 1. The maximum atomic E-state index is 12.7. The molecule has 0 bridgehead atoms. The molecule has 0 aromatic heterocycles. The van der Waals surface area contributed by atoms with Crippen LogP contribution in [0.2, 0.25) is 18.1 Å². The van der Waals surface area contributed by atoms with Crippen molar-refractivity contribution >= 4 is 45.7 Å². The van der Waals surface area contributed by atoms with Gasteiger partial charge >= 0.3 is 31.5 Å². The van der Waals surface area contributed by atoms with Crippen molar-refractivity contribution in [3.63, 3.8) is 0 Å². The van der Waals surface area contributed by atoms with Gasteiger partial charge in [0.15, 0.2) is 20.5 Å². The highest BCUT2D eigenvalue weighted by molar-refractivity contribution is 7.52. The van der Waals surface area contributed by atoms with Crippen molar-refractivity contribution in [2.75, 3.05) is 26.5 Å². The molecule has 7 atom stereocenters. The topological polar surface area (TPSA) is 199 Å². The molecule has 0 saturated carbocycles. The summed E-state index contributed by atoms with van der Waals surface area (Å²) in [5, 5.41) is 2.44. The second-order valence-electron chi connectivity index (χ2n) is 12.7. The van der Waals surface area contributed by atoms with Gasteiger partial charge in [-0.3, -0.25) is 28.5 Å². The van der Waals surface area contributed by atoms with Crippen molar-refractivity contribution in [2.24, 2.45) is 0 Å². The van der Waals surface area contributed by atoms with Crippen molar-refractivity contribution in [3.8, 4) is 0 Å². The summed E-state index contributed by atoms with van der Waals surface area (Å²) < 4.78 is 52.5. The first-order chi connectivity index (χ1) is 20.4. The summed E-state index contributed by atoms with van der Waals surface area (Å²) in [6, 6.07) is -1.18. The highest BCUT2D eigenvalue weighted by atomic mass is 31.2. The molecule has 0 radical (unpaired) electrons. The number of rotatable bonds is 15. The fourth-order valence-electron chi connectivity index (χ4n) is 4.57. The van der Waals surface area contributed by atoms with Gasteiger partial charge in [0.1, 0.15) is 18.8 Å². The Labute approximate surface area is 266 Å². The third-order valence-electron chi connectivity index (χ3n) is 7.80. The SMILES string of the molecule is COP(=O)(O)CC[C@@]1(CO[Si](C)(C)C(C)(C)C)C[C@@H](OC(C)=O)[C@@H](NC(C)=O)C([C@H](OC(C)=O)[C@@H](COC(C)=O)OC(C)=O)O1. The van der Waals surface area contributed by atoms with Crippen LogP contribution in [0, 0.1) is 0 Å². The van der Waals surface area contributed by atoms with E-state index in [2.05, 4.69) is 5.32 Å². The van der Waals surface area contributed by atoms with Gasteiger partial charge in [0.2, 0.25) is 5.91 Å². The quantitative estimate of drug-likeness (QED) is 0.110. The molecule has 260 valence electrons. The van der Waals surface area contributed by atoms with Crippen LogP contribution in [0.5, 0.6) is 0 Å². The van der Waals surface area contributed by atoms with Gasteiger partial charge in [-0.15, -0.1) is 0 Å². The Hall–Kier alpha value is -2.36. The highest BCUT2D eigenvalue weighted by Crippen LogP contribution is 2.47. The van der Waals surface area contributed by atoms with Gasteiger partial charge in [0.05, 0.1) is 24.4 Å². The van der Waals surface area contributed by atoms with Gasteiger partial charge in [0, 0.05) is 48.1 Å². The van der Waals surface area contributed by atoms with Crippen LogP contribution in [0.15, 0.2) is 0 Å². The molecule has 15 nitrogen and oxygen atoms in total. The second kappa shape index (κ2) is 16.5. The largest absolute Gasteiger partial charge is 0.462 e. The number of esters is 4. The van der Waals surface area contributed by atoms with E-state index in [1.807, 2.05) is 33.9 Å². The lowest BCUT2D eigenvalue weighted by molar-refractivity contribution is -0.244. The second-order valence-corrected chi connectivity index (χ2v) is 19.6. The van der Waals surface area contributed by atoms with Crippen molar-refractivity contribution in [1.29, 1.82) is 0 Å². The molecule has 1 fully saturated rings. The molecular weight excluding hydrogens is 633 g/mol. The van der Waals surface area contributed by atoms with Crippen molar-refractivity contribution < 1.29 is 66.1 Å². The maximum Gasteiger partial charge on any atom is 0.327 e. The molecule has 1 aliphatic rings. The summed E-state index contributed by atoms with van der Waals surface area (Å²) in [5.74, 6) is -3.62. The van der Waals surface area contributed by atoms with Gasteiger partial charge in [-0.25, -0.2) is 0 Å². The summed E-state index contributed by atoms with van der Waals surface area (Å²) in [4.78, 5) is 71.4. The fraction of sp³-hybridized carbons (Fsp3) is 0.821. The lowest BCUT2D eigenvalue weighted by atomic mass is 9.82. The molecule has 1 heterocycles. The molecule has 2 N–H and O–H groups in total. The lowest BCUT2D eigenvalue weighted by Gasteiger charge is -2.51. The lowest BCUT2D eigenvalue weighted by Crippen LogP contribution is -2.68. The van der Waals surface area contributed by atoms with E-state index in [9.17, 15) is 33.4 Å². The Bertz CT molecular complexity index is 1130. The zero-order valence-corrected chi connectivity index (χ0v) is 30.0. The Balaban J connectivity index is 3.96. The molecule has 0 aliphatic carbocycles. The first kappa shape index (κ1) is 40.7. The molecule has 1 amide bonds. The molecule has 0 spiro atoms. The molecule has 45 heavy (non-hydrogen) atoms. The molecule has 2 unspecified atom stereocenters. The number of nitrogens with one attached hydrogen (secondary N) is 1. The highest BCUT2D eigenvalue weighted by Gasteiger charge is 2.55. The molecule has 0 aromatic carbocycles. The van der Waals surface area contributed by atoms with E-state index < -0.39 is 94.5 Å². The van der Waals surface area contributed by atoms with E-state index in [0.717, 1.165) is 27.9 Å². The van der Waals surface area contributed by atoms with Gasteiger partial charge in [-0.2, -0.15) is 0 Å². The molecule has 17 heteroatoms. The predicted octanol–water partition coefficient (Wildman–Crippen LogP) is 2.62. The van der Waals surface area contributed by atoms with Crippen LogP contribution in [0.3, 0.4) is 0 Å². The third-order valence-corrected chi connectivity index (χ3v) is 13.6. The summed E-state index contributed by atoms with van der Waals surface area (Å²) in [5.41, 5.74) is -1.48. The monoisotopic (exact) mass is 683 g/mol. The van der Waals surface area contributed by atoms with Crippen LogP contribution < -0.4 is 5.32 Å². The molecular formula is C28H50NO14PSi. The van der Waals surface area contributed by atoms with E-state index >= 15 is 0 Å². The minimum absolute atomic E-state index is 0.110. The van der Waals surface area contributed by atoms with Crippen LogP contribution in [0.4, 0.5) is 0 Å². The molecule has 1 rings (SSSR count). The van der Waals surface area contributed by atoms with Crippen LogP contribution >= 0.6 is 7.60 Å². The average Bonchev–Trinajstić information content (AvgIpc) is 2.87. The van der Waals surface area contributed by atoms with Gasteiger partial charge in [0.25, 0.3) is 0 Å². The van der Waals surface area contributed by atoms with Crippen LogP contribution in [0.1, 0.15) is 68.2 Å². The minimum Gasteiger partial charge on any atom is -0.462 e. The Morgan fingerprint density at radius 1 is 1.00 bits per heavy atom. The van der Waals surface area contributed by atoms with Crippen molar-refractivity contribution in [3.05, 3.63) is 0 Å². The normalized spacial score (nSPS) is 24.8. The van der Waals surface area contributed by atoms with Crippen molar-refractivity contribution in [2.45, 2.75) is 122 Å². The molecule has 1 saturated heterocycles. The summed E-state index contributed by atoms with van der Waals surface area (Å²) in [7, 11) is -5.51. The average molecular weight is 684 g/mol. The van der Waals surface area contributed by atoms with Gasteiger partial charge in [-0.05, 0) is 24.6 Å².